The molecule has 0 aliphatic carbocycles. The van der Waals surface area contributed by atoms with E-state index in [0.29, 0.717) is 5.56 Å². The van der Waals surface area contributed by atoms with Gasteiger partial charge in [0.05, 0.1) is 32.4 Å². The minimum absolute atomic E-state index is 0.136. The van der Waals surface area contributed by atoms with Crippen LogP contribution in [0.1, 0.15) is 5.56 Å². The van der Waals surface area contributed by atoms with Gasteiger partial charge in [-0.15, -0.1) is 0 Å². The van der Waals surface area contributed by atoms with Crippen molar-refractivity contribution in [3.8, 4) is 0 Å². The number of carboxylic acids is 1. The average molecular weight is 281 g/mol. The van der Waals surface area contributed by atoms with E-state index < -0.39 is 25.2 Å². The van der Waals surface area contributed by atoms with Gasteiger partial charge in [-0.2, -0.15) is 18.3 Å². The van der Waals surface area contributed by atoms with Gasteiger partial charge >= 0.3 is 12.1 Å². The number of nitrogens with zero attached hydrogens (tertiary/aromatic N) is 3. The lowest BCUT2D eigenvalue weighted by molar-refractivity contribution is -0.154. The SMILES string of the molecule is O=C(O)CN(Cc1cnn(CCO)c1)CC(F)(F)F. The van der Waals surface area contributed by atoms with Crippen molar-refractivity contribution in [2.24, 2.45) is 0 Å². The summed E-state index contributed by atoms with van der Waals surface area (Å²) in [6, 6.07) is 0. The Bertz CT molecular complexity index is 420. The molecule has 0 aromatic carbocycles. The molecule has 2 N–H and O–H groups in total. The van der Waals surface area contributed by atoms with Gasteiger partial charge in [0, 0.05) is 18.3 Å². The second-order valence-electron chi connectivity index (χ2n) is 3.99. The molecule has 0 saturated heterocycles. The Hall–Kier alpha value is -1.61. The minimum atomic E-state index is -4.46. The van der Waals surface area contributed by atoms with Gasteiger partial charge in [0.25, 0.3) is 0 Å². The molecule has 0 saturated carbocycles. The van der Waals surface area contributed by atoms with Gasteiger partial charge in [0.1, 0.15) is 0 Å². The number of carbonyl (C=O) groups is 1. The molecule has 1 aromatic rings. The van der Waals surface area contributed by atoms with E-state index in [1.165, 1.54) is 17.1 Å². The van der Waals surface area contributed by atoms with Crippen LogP contribution in [0.3, 0.4) is 0 Å². The van der Waals surface area contributed by atoms with E-state index in [9.17, 15) is 18.0 Å². The number of aliphatic hydroxyl groups excluding tert-OH is 1. The molecular formula is C10H14F3N3O3. The highest BCUT2D eigenvalue weighted by Gasteiger charge is 2.31. The van der Waals surface area contributed by atoms with E-state index in [4.69, 9.17) is 10.2 Å². The van der Waals surface area contributed by atoms with Crippen molar-refractivity contribution in [1.82, 2.24) is 14.7 Å². The van der Waals surface area contributed by atoms with Gasteiger partial charge in [0.15, 0.2) is 0 Å². The highest BCUT2D eigenvalue weighted by Crippen LogP contribution is 2.17. The first kappa shape index (κ1) is 15.4. The number of aliphatic hydroxyl groups is 1. The van der Waals surface area contributed by atoms with Crippen molar-refractivity contribution in [1.29, 1.82) is 0 Å². The van der Waals surface area contributed by atoms with Gasteiger partial charge in [-0.25, -0.2) is 0 Å². The summed E-state index contributed by atoms with van der Waals surface area (Å²) < 4.78 is 38.3. The average Bonchev–Trinajstić information content (AvgIpc) is 2.62. The van der Waals surface area contributed by atoms with Crippen LogP contribution in [0.25, 0.3) is 0 Å². The molecule has 0 amide bonds. The van der Waals surface area contributed by atoms with Crippen molar-refractivity contribution in [3.63, 3.8) is 0 Å². The van der Waals surface area contributed by atoms with Crippen LogP contribution in [-0.4, -0.2) is 56.7 Å². The number of carboxylic acid groups (broad SMARTS) is 1. The van der Waals surface area contributed by atoms with Gasteiger partial charge in [0.2, 0.25) is 0 Å². The molecule has 1 heterocycles. The third-order valence-corrected chi connectivity index (χ3v) is 2.18. The van der Waals surface area contributed by atoms with E-state index in [1.54, 1.807) is 0 Å². The van der Waals surface area contributed by atoms with E-state index in [0.717, 1.165) is 4.90 Å². The normalized spacial score (nSPS) is 12.1. The lowest BCUT2D eigenvalue weighted by Crippen LogP contribution is -2.37. The monoisotopic (exact) mass is 281 g/mol. The third kappa shape index (κ3) is 6.20. The topological polar surface area (TPSA) is 78.6 Å². The molecule has 0 atom stereocenters. The van der Waals surface area contributed by atoms with Crippen molar-refractivity contribution in [3.05, 3.63) is 18.0 Å². The largest absolute Gasteiger partial charge is 0.480 e. The summed E-state index contributed by atoms with van der Waals surface area (Å²) in [4.78, 5) is 11.3. The molecule has 0 bridgehead atoms. The Balaban J connectivity index is 2.67. The predicted octanol–water partition coefficient (Wildman–Crippen LogP) is 0.324. The number of halogens is 3. The van der Waals surface area contributed by atoms with Crippen LogP contribution >= 0.6 is 0 Å². The zero-order valence-corrected chi connectivity index (χ0v) is 9.97. The lowest BCUT2D eigenvalue weighted by Gasteiger charge is -2.20. The molecule has 0 fully saturated rings. The Morgan fingerprint density at radius 2 is 2.16 bits per heavy atom. The van der Waals surface area contributed by atoms with Crippen LogP contribution in [0.2, 0.25) is 0 Å². The summed E-state index contributed by atoms with van der Waals surface area (Å²) in [6.07, 6.45) is -1.64. The molecule has 9 heteroatoms. The number of aliphatic carboxylic acids is 1. The fourth-order valence-corrected chi connectivity index (χ4v) is 1.58. The summed E-state index contributed by atoms with van der Waals surface area (Å²) >= 11 is 0. The standard InChI is InChI=1S/C10H14F3N3O3/c11-10(12,13)7-15(6-9(18)19)4-8-3-14-16(5-8)1-2-17/h3,5,17H,1-2,4,6-7H2,(H,18,19). The molecule has 0 aliphatic heterocycles. The number of rotatable bonds is 7. The van der Waals surface area contributed by atoms with Gasteiger partial charge in [-0.05, 0) is 0 Å². The molecule has 6 nitrogen and oxygen atoms in total. The van der Waals surface area contributed by atoms with Crippen LogP contribution in [-0.2, 0) is 17.9 Å². The highest BCUT2D eigenvalue weighted by molar-refractivity contribution is 5.69. The molecule has 0 radical (unpaired) electrons. The number of aromatic nitrogens is 2. The first-order valence-electron chi connectivity index (χ1n) is 5.43. The highest BCUT2D eigenvalue weighted by atomic mass is 19.4. The van der Waals surface area contributed by atoms with Crippen molar-refractivity contribution in [2.45, 2.75) is 19.3 Å². The fraction of sp³-hybridized carbons (Fsp3) is 0.600. The molecular weight excluding hydrogens is 267 g/mol. The fourth-order valence-electron chi connectivity index (χ4n) is 1.58. The van der Waals surface area contributed by atoms with Crippen LogP contribution in [0.15, 0.2) is 12.4 Å². The molecule has 0 aliphatic rings. The molecule has 108 valence electrons. The van der Waals surface area contributed by atoms with Crippen molar-refractivity contribution < 1.29 is 28.2 Å². The maximum Gasteiger partial charge on any atom is 0.401 e. The van der Waals surface area contributed by atoms with E-state index >= 15 is 0 Å². The van der Waals surface area contributed by atoms with E-state index in [2.05, 4.69) is 5.10 Å². The quantitative estimate of drug-likeness (QED) is 0.752. The smallest absolute Gasteiger partial charge is 0.401 e. The Morgan fingerprint density at radius 1 is 1.47 bits per heavy atom. The van der Waals surface area contributed by atoms with Gasteiger partial charge in [-0.1, -0.05) is 0 Å². The number of hydrogen-bond donors (Lipinski definition) is 2. The minimum Gasteiger partial charge on any atom is -0.480 e. The Morgan fingerprint density at radius 3 is 2.68 bits per heavy atom. The van der Waals surface area contributed by atoms with Crippen molar-refractivity contribution >= 4 is 5.97 Å². The zero-order valence-electron chi connectivity index (χ0n) is 9.97. The van der Waals surface area contributed by atoms with Crippen LogP contribution in [0.4, 0.5) is 13.2 Å². The van der Waals surface area contributed by atoms with Crippen LogP contribution in [0, 0.1) is 0 Å². The summed E-state index contributed by atoms with van der Waals surface area (Å²) in [6.45, 7) is -2.08. The maximum absolute atomic E-state index is 12.3. The second-order valence-corrected chi connectivity index (χ2v) is 3.99. The predicted molar refractivity (Wildman–Crippen MR) is 58.3 cm³/mol. The first-order chi connectivity index (χ1) is 8.80. The summed E-state index contributed by atoms with van der Waals surface area (Å²) in [5, 5.41) is 21.1. The summed E-state index contributed by atoms with van der Waals surface area (Å²) in [7, 11) is 0. The third-order valence-electron chi connectivity index (χ3n) is 2.18. The first-order valence-corrected chi connectivity index (χ1v) is 5.43. The molecule has 1 aromatic heterocycles. The Labute approximate surface area is 107 Å². The molecule has 1 rings (SSSR count). The van der Waals surface area contributed by atoms with Crippen LogP contribution < -0.4 is 0 Å². The Kier molecular flexibility index (Phi) is 5.31. The number of alkyl halides is 3. The number of hydrogen-bond acceptors (Lipinski definition) is 4. The molecule has 19 heavy (non-hydrogen) atoms. The van der Waals surface area contributed by atoms with E-state index in [-0.39, 0.29) is 19.7 Å². The summed E-state index contributed by atoms with van der Waals surface area (Å²) in [5.74, 6) is -1.33. The zero-order chi connectivity index (χ0) is 14.5. The van der Waals surface area contributed by atoms with Gasteiger partial charge < -0.3 is 10.2 Å². The second kappa shape index (κ2) is 6.53. The molecule has 0 unspecified atom stereocenters. The lowest BCUT2D eigenvalue weighted by atomic mass is 10.3. The maximum atomic E-state index is 12.3. The van der Waals surface area contributed by atoms with Crippen molar-refractivity contribution in [2.75, 3.05) is 19.7 Å². The molecule has 0 spiro atoms. The van der Waals surface area contributed by atoms with E-state index in [1.807, 2.05) is 0 Å². The van der Waals surface area contributed by atoms with Crippen LogP contribution in [0.5, 0.6) is 0 Å². The summed E-state index contributed by atoms with van der Waals surface area (Å²) in [5.41, 5.74) is 0.457. The van der Waals surface area contributed by atoms with Gasteiger partial charge in [-0.3, -0.25) is 14.4 Å².